The summed E-state index contributed by atoms with van der Waals surface area (Å²) < 4.78 is 0. The van der Waals surface area contributed by atoms with Gasteiger partial charge < -0.3 is 10.2 Å². The molecule has 0 aliphatic carbocycles. The molecule has 2 atom stereocenters. The molecule has 1 heterocycles. The van der Waals surface area contributed by atoms with Crippen LogP contribution in [0.15, 0.2) is 24.3 Å². The van der Waals surface area contributed by atoms with E-state index in [1.807, 2.05) is 31.3 Å². The highest BCUT2D eigenvalue weighted by atomic mass is 35.5. The molecule has 19 heavy (non-hydrogen) atoms. The SMILES string of the molecule is CC[C@H]1CCNC1C(=O)N(C)Cc1cccc(Cl)c1. The van der Waals surface area contributed by atoms with Crippen LogP contribution in [0.3, 0.4) is 0 Å². The minimum absolute atomic E-state index is 0.0193. The summed E-state index contributed by atoms with van der Waals surface area (Å²) in [5.74, 6) is 0.652. The molecule has 1 unspecified atom stereocenters. The van der Waals surface area contributed by atoms with E-state index in [9.17, 15) is 4.79 Å². The Bertz CT molecular complexity index is 450. The topological polar surface area (TPSA) is 32.3 Å². The van der Waals surface area contributed by atoms with Gasteiger partial charge >= 0.3 is 0 Å². The molecule has 1 aliphatic heterocycles. The molecule has 1 aromatic rings. The zero-order chi connectivity index (χ0) is 13.8. The van der Waals surface area contributed by atoms with E-state index in [0.717, 1.165) is 24.9 Å². The Labute approximate surface area is 119 Å². The highest BCUT2D eigenvalue weighted by molar-refractivity contribution is 6.30. The number of hydrogen-bond acceptors (Lipinski definition) is 2. The van der Waals surface area contributed by atoms with Crippen LogP contribution < -0.4 is 5.32 Å². The molecule has 3 nitrogen and oxygen atoms in total. The third kappa shape index (κ3) is 3.48. The number of halogens is 1. The molecule has 0 bridgehead atoms. The fourth-order valence-electron chi connectivity index (χ4n) is 2.71. The number of carbonyl (C=O) groups is 1. The first kappa shape index (κ1) is 14.4. The Morgan fingerprint density at radius 2 is 2.32 bits per heavy atom. The largest absolute Gasteiger partial charge is 0.340 e. The van der Waals surface area contributed by atoms with Gasteiger partial charge in [0.05, 0.1) is 6.04 Å². The highest BCUT2D eigenvalue weighted by Gasteiger charge is 2.32. The molecule has 0 saturated carbocycles. The molecule has 0 radical (unpaired) electrons. The molecular weight excluding hydrogens is 260 g/mol. The minimum atomic E-state index is -0.0193. The average molecular weight is 281 g/mol. The van der Waals surface area contributed by atoms with Crippen LogP contribution in [-0.4, -0.2) is 30.4 Å². The summed E-state index contributed by atoms with van der Waals surface area (Å²) >= 11 is 5.96. The van der Waals surface area contributed by atoms with Crippen LogP contribution >= 0.6 is 11.6 Å². The molecule has 4 heteroatoms. The first-order chi connectivity index (χ1) is 9.11. The van der Waals surface area contributed by atoms with Gasteiger partial charge in [-0.05, 0) is 36.6 Å². The monoisotopic (exact) mass is 280 g/mol. The predicted octanol–water partition coefficient (Wildman–Crippen LogP) is 2.69. The first-order valence-corrected chi connectivity index (χ1v) is 7.22. The van der Waals surface area contributed by atoms with Crippen LogP contribution in [0.5, 0.6) is 0 Å². The lowest BCUT2D eigenvalue weighted by atomic mass is 9.97. The van der Waals surface area contributed by atoms with Gasteiger partial charge in [-0.3, -0.25) is 4.79 Å². The summed E-state index contributed by atoms with van der Waals surface area (Å²) in [4.78, 5) is 14.2. The average Bonchev–Trinajstić information content (AvgIpc) is 2.86. The van der Waals surface area contributed by atoms with Crippen molar-refractivity contribution < 1.29 is 4.79 Å². The molecule has 1 amide bonds. The molecule has 104 valence electrons. The second-order valence-electron chi connectivity index (χ2n) is 5.21. The van der Waals surface area contributed by atoms with Crippen molar-refractivity contribution >= 4 is 17.5 Å². The Kier molecular flexibility index (Phi) is 4.83. The maximum atomic E-state index is 12.4. The Morgan fingerprint density at radius 3 is 3.00 bits per heavy atom. The minimum Gasteiger partial charge on any atom is -0.340 e. The van der Waals surface area contributed by atoms with Crippen LogP contribution in [0.25, 0.3) is 0 Å². The molecule has 2 rings (SSSR count). The van der Waals surface area contributed by atoms with Gasteiger partial charge in [0, 0.05) is 18.6 Å². The second kappa shape index (κ2) is 6.40. The summed E-state index contributed by atoms with van der Waals surface area (Å²) in [7, 11) is 1.86. The lowest BCUT2D eigenvalue weighted by Crippen LogP contribution is -2.44. The van der Waals surface area contributed by atoms with Crippen LogP contribution in [0.2, 0.25) is 5.02 Å². The van der Waals surface area contributed by atoms with Gasteiger partial charge in [0.2, 0.25) is 5.91 Å². The number of hydrogen-bond donors (Lipinski definition) is 1. The molecule has 1 N–H and O–H groups in total. The van der Waals surface area contributed by atoms with E-state index in [2.05, 4.69) is 12.2 Å². The van der Waals surface area contributed by atoms with E-state index in [4.69, 9.17) is 11.6 Å². The van der Waals surface area contributed by atoms with Gasteiger partial charge in [0.1, 0.15) is 0 Å². The molecule has 0 spiro atoms. The zero-order valence-corrected chi connectivity index (χ0v) is 12.3. The van der Waals surface area contributed by atoms with Gasteiger partial charge in [-0.2, -0.15) is 0 Å². The van der Waals surface area contributed by atoms with Crippen molar-refractivity contribution in [2.45, 2.75) is 32.4 Å². The second-order valence-corrected chi connectivity index (χ2v) is 5.65. The third-order valence-corrected chi connectivity index (χ3v) is 4.06. The number of carbonyl (C=O) groups excluding carboxylic acids is 1. The first-order valence-electron chi connectivity index (χ1n) is 6.84. The maximum absolute atomic E-state index is 12.4. The Balaban J connectivity index is 1.99. The normalized spacial score (nSPS) is 22.5. The third-order valence-electron chi connectivity index (χ3n) is 3.83. The van der Waals surface area contributed by atoms with E-state index in [0.29, 0.717) is 17.5 Å². The molecule has 1 fully saturated rings. The highest BCUT2D eigenvalue weighted by Crippen LogP contribution is 2.21. The lowest BCUT2D eigenvalue weighted by molar-refractivity contribution is -0.133. The number of likely N-dealkylation sites (N-methyl/N-ethyl adjacent to an activating group) is 1. The van der Waals surface area contributed by atoms with Crippen LogP contribution in [0.1, 0.15) is 25.3 Å². The van der Waals surface area contributed by atoms with E-state index >= 15 is 0 Å². The van der Waals surface area contributed by atoms with Crippen LogP contribution in [0.4, 0.5) is 0 Å². The molecule has 1 aliphatic rings. The van der Waals surface area contributed by atoms with Gasteiger partial charge in [0.25, 0.3) is 0 Å². The van der Waals surface area contributed by atoms with Crippen molar-refractivity contribution in [1.82, 2.24) is 10.2 Å². The lowest BCUT2D eigenvalue weighted by Gasteiger charge is -2.24. The number of nitrogens with one attached hydrogen (secondary N) is 1. The van der Waals surface area contributed by atoms with E-state index in [1.165, 1.54) is 0 Å². The number of amides is 1. The zero-order valence-electron chi connectivity index (χ0n) is 11.5. The maximum Gasteiger partial charge on any atom is 0.240 e. The van der Waals surface area contributed by atoms with Crippen LogP contribution in [-0.2, 0) is 11.3 Å². The van der Waals surface area contributed by atoms with Gasteiger partial charge in [-0.15, -0.1) is 0 Å². The van der Waals surface area contributed by atoms with E-state index in [-0.39, 0.29) is 11.9 Å². The quantitative estimate of drug-likeness (QED) is 0.920. The van der Waals surface area contributed by atoms with Gasteiger partial charge in [-0.25, -0.2) is 0 Å². The van der Waals surface area contributed by atoms with Crippen molar-refractivity contribution in [3.8, 4) is 0 Å². The molecule has 1 saturated heterocycles. The Morgan fingerprint density at radius 1 is 1.53 bits per heavy atom. The van der Waals surface area contributed by atoms with E-state index in [1.54, 1.807) is 4.90 Å². The van der Waals surface area contributed by atoms with Crippen molar-refractivity contribution in [3.63, 3.8) is 0 Å². The number of benzene rings is 1. The summed E-state index contributed by atoms with van der Waals surface area (Å²) in [5.41, 5.74) is 1.06. The van der Waals surface area contributed by atoms with Crippen molar-refractivity contribution in [3.05, 3.63) is 34.9 Å². The number of rotatable bonds is 4. The van der Waals surface area contributed by atoms with E-state index < -0.39 is 0 Å². The van der Waals surface area contributed by atoms with Gasteiger partial charge in [-0.1, -0.05) is 37.1 Å². The van der Waals surface area contributed by atoms with Crippen molar-refractivity contribution in [1.29, 1.82) is 0 Å². The number of nitrogens with zero attached hydrogens (tertiary/aromatic N) is 1. The van der Waals surface area contributed by atoms with Crippen molar-refractivity contribution in [2.75, 3.05) is 13.6 Å². The molecule has 0 aromatic heterocycles. The van der Waals surface area contributed by atoms with Crippen LogP contribution in [0, 0.1) is 5.92 Å². The summed E-state index contributed by atoms with van der Waals surface area (Å²) in [6.45, 7) is 3.70. The molecular formula is C15H21ClN2O. The fraction of sp³-hybridized carbons (Fsp3) is 0.533. The fourth-order valence-corrected chi connectivity index (χ4v) is 2.92. The Hall–Kier alpha value is -1.06. The summed E-state index contributed by atoms with van der Waals surface area (Å²) in [5, 5.41) is 4.03. The summed E-state index contributed by atoms with van der Waals surface area (Å²) in [6.07, 6.45) is 2.15. The van der Waals surface area contributed by atoms with Crippen molar-refractivity contribution in [2.24, 2.45) is 5.92 Å². The summed E-state index contributed by atoms with van der Waals surface area (Å²) in [6, 6.07) is 7.64. The molecule has 1 aromatic carbocycles. The van der Waals surface area contributed by atoms with Gasteiger partial charge in [0.15, 0.2) is 0 Å². The smallest absolute Gasteiger partial charge is 0.240 e. The standard InChI is InChI=1S/C15H21ClN2O/c1-3-12-7-8-17-14(12)15(19)18(2)10-11-5-4-6-13(16)9-11/h4-6,9,12,14,17H,3,7-8,10H2,1-2H3/t12-,14?/m0/s1. The predicted molar refractivity (Wildman–Crippen MR) is 78.1 cm³/mol.